The number of amides is 3. The number of nitrogens with zero attached hydrogens (tertiary/aromatic N) is 2. The molecule has 2 unspecified atom stereocenters. The normalized spacial score (nSPS) is 21.1. The van der Waals surface area contributed by atoms with E-state index in [4.69, 9.17) is 5.11 Å². The van der Waals surface area contributed by atoms with E-state index in [2.05, 4.69) is 5.32 Å². The van der Waals surface area contributed by atoms with Crippen molar-refractivity contribution in [1.82, 2.24) is 15.1 Å². The topological polar surface area (TPSA) is 90.0 Å². The van der Waals surface area contributed by atoms with Crippen molar-refractivity contribution < 1.29 is 19.5 Å². The van der Waals surface area contributed by atoms with Gasteiger partial charge in [-0.3, -0.25) is 9.69 Å². The third-order valence-electron chi connectivity index (χ3n) is 3.85. The Kier molecular flexibility index (Phi) is 4.62. The number of aliphatic carboxylic acids is 1. The highest BCUT2D eigenvalue weighted by atomic mass is 16.4. The van der Waals surface area contributed by atoms with Crippen molar-refractivity contribution in [3.05, 3.63) is 0 Å². The molecule has 2 atom stereocenters. The highest BCUT2D eigenvalue weighted by Crippen LogP contribution is 2.24. The SMILES string of the molecule is CC(N(C)C(=O)N1CC(=O)NCC1C(=O)O)C(C)(C)C. The summed E-state index contributed by atoms with van der Waals surface area (Å²) in [5, 5.41) is 11.6. The van der Waals surface area contributed by atoms with Crippen molar-refractivity contribution in [2.75, 3.05) is 20.1 Å². The molecule has 0 aromatic heterocycles. The number of hydrogen-bond donors (Lipinski definition) is 2. The van der Waals surface area contributed by atoms with Gasteiger partial charge in [0.15, 0.2) is 0 Å². The van der Waals surface area contributed by atoms with Crippen LogP contribution in [-0.4, -0.2) is 65.0 Å². The van der Waals surface area contributed by atoms with Gasteiger partial charge < -0.3 is 15.3 Å². The predicted octanol–water partition coefficient (Wildman–Crippen LogP) is 0.358. The number of rotatable bonds is 2. The maximum atomic E-state index is 12.5. The molecule has 0 radical (unpaired) electrons. The highest BCUT2D eigenvalue weighted by molar-refractivity contribution is 5.90. The van der Waals surface area contributed by atoms with Gasteiger partial charge in [-0.25, -0.2) is 9.59 Å². The summed E-state index contributed by atoms with van der Waals surface area (Å²) in [6.45, 7) is 7.61. The van der Waals surface area contributed by atoms with Gasteiger partial charge in [-0.05, 0) is 12.3 Å². The summed E-state index contributed by atoms with van der Waals surface area (Å²) in [7, 11) is 1.63. The molecule has 1 aliphatic rings. The summed E-state index contributed by atoms with van der Waals surface area (Å²) in [4.78, 5) is 37.7. The first-order chi connectivity index (χ1) is 9.05. The lowest BCUT2D eigenvalue weighted by Gasteiger charge is -2.40. The van der Waals surface area contributed by atoms with E-state index < -0.39 is 18.0 Å². The molecule has 7 heteroatoms. The van der Waals surface area contributed by atoms with Gasteiger partial charge in [-0.2, -0.15) is 0 Å². The van der Waals surface area contributed by atoms with Crippen LogP contribution in [0.2, 0.25) is 0 Å². The zero-order valence-electron chi connectivity index (χ0n) is 12.6. The van der Waals surface area contributed by atoms with Crippen LogP contribution in [0.25, 0.3) is 0 Å². The van der Waals surface area contributed by atoms with Gasteiger partial charge in [-0.1, -0.05) is 20.8 Å². The van der Waals surface area contributed by atoms with E-state index >= 15 is 0 Å². The van der Waals surface area contributed by atoms with Crippen molar-refractivity contribution in [3.63, 3.8) is 0 Å². The van der Waals surface area contributed by atoms with Crippen molar-refractivity contribution in [1.29, 1.82) is 0 Å². The molecule has 1 aliphatic heterocycles. The smallest absolute Gasteiger partial charge is 0.328 e. The largest absolute Gasteiger partial charge is 0.480 e. The fraction of sp³-hybridized carbons (Fsp3) is 0.769. The van der Waals surface area contributed by atoms with Crippen LogP contribution < -0.4 is 5.32 Å². The van der Waals surface area contributed by atoms with Crippen LogP contribution in [0.3, 0.4) is 0 Å². The Labute approximate surface area is 118 Å². The Bertz CT molecular complexity index is 416. The molecule has 1 saturated heterocycles. The number of nitrogens with one attached hydrogen (secondary N) is 1. The molecular weight excluding hydrogens is 262 g/mol. The van der Waals surface area contributed by atoms with E-state index in [0.717, 1.165) is 4.90 Å². The molecule has 0 aromatic carbocycles. The molecule has 0 bridgehead atoms. The quantitative estimate of drug-likeness (QED) is 0.766. The van der Waals surface area contributed by atoms with Gasteiger partial charge in [0.1, 0.15) is 12.6 Å². The zero-order valence-corrected chi connectivity index (χ0v) is 12.6. The number of carboxylic acid groups (broad SMARTS) is 1. The maximum Gasteiger partial charge on any atom is 0.328 e. The fourth-order valence-electron chi connectivity index (χ4n) is 2.01. The van der Waals surface area contributed by atoms with E-state index in [9.17, 15) is 14.4 Å². The summed E-state index contributed by atoms with van der Waals surface area (Å²) in [5.74, 6) is -1.46. The third kappa shape index (κ3) is 3.40. The standard InChI is InChI=1S/C13H23N3O4/c1-8(13(2,3)4)15(5)12(20)16-7-10(17)14-6-9(16)11(18)19/h8-9H,6-7H2,1-5H3,(H,14,17)(H,18,19). The lowest BCUT2D eigenvalue weighted by molar-refractivity contribution is -0.144. The molecule has 3 amide bonds. The molecule has 114 valence electrons. The van der Waals surface area contributed by atoms with Gasteiger partial charge in [-0.15, -0.1) is 0 Å². The average Bonchev–Trinajstić information content (AvgIpc) is 2.34. The minimum atomic E-state index is -1.12. The predicted molar refractivity (Wildman–Crippen MR) is 73.2 cm³/mol. The lowest BCUT2D eigenvalue weighted by Crippen LogP contribution is -2.62. The second-order valence-corrected chi connectivity index (χ2v) is 6.22. The molecule has 2 N–H and O–H groups in total. The molecule has 0 saturated carbocycles. The van der Waals surface area contributed by atoms with Gasteiger partial charge in [0.05, 0.1) is 0 Å². The Hall–Kier alpha value is -1.79. The fourth-order valence-corrected chi connectivity index (χ4v) is 2.01. The van der Waals surface area contributed by atoms with Crippen molar-refractivity contribution in [2.24, 2.45) is 5.41 Å². The molecule has 1 rings (SSSR count). The second-order valence-electron chi connectivity index (χ2n) is 6.22. The molecular formula is C13H23N3O4. The zero-order chi connectivity index (χ0) is 15.7. The summed E-state index contributed by atoms with van der Waals surface area (Å²) in [5.41, 5.74) is -0.138. The number of carboxylic acids is 1. The maximum absolute atomic E-state index is 12.5. The Morgan fingerprint density at radius 1 is 1.45 bits per heavy atom. The van der Waals surface area contributed by atoms with Crippen LogP contribution in [-0.2, 0) is 9.59 Å². The Morgan fingerprint density at radius 2 is 2.00 bits per heavy atom. The molecule has 1 fully saturated rings. The lowest BCUT2D eigenvalue weighted by atomic mass is 9.87. The first-order valence-corrected chi connectivity index (χ1v) is 6.58. The number of carbonyl (C=O) groups is 3. The van der Waals surface area contributed by atoms with Crippen LogP contribution in [0.4, 0.5) is 4.79 Å². The van der Waals surface area contributed by atoms with E-state index in [1.54, 1.807) is 7.05 Å². The monoisotopic (exact) mass is 285 g/mol. The molecule has 1 heterocycles. The average molecular weight is 285 g/mol. The van der Waals surface area contributed by atoms with Crippen LogP contribution in [0.5, 0.6) is 0 Å². The number of carbonyl (C=O) groups excluding carboxylic acids is 2. The van der Waals surface area contributed by atoms with Gasteiger partial charge in [0.25, 0.3) is 0 Å². The van der Waals surface area contributed by atoms with Gasteiger partial charge in [0, 0.05) is 19.6 Å². The first-order valence-electron chi connectivity index (χ1n) is 6.58. The minimum Gasteiger partial charge on any atom is -0.480 e. The third-order valence-corrected chi connectivity index (χ3v) is 3.85. The first kappa shape index (κ1) is 16.3. The van der Waals surface area contributed by atoms with Crippen molar-refractivity contribution >= 4 is 17.9 Å². The summed E-state index contributed by atoms with van der Waals surface area (Å²) < 4.78 is 0. The molecule has 20 heavy (non-hydrogen) atoms. The molecule has 0 aliphatic carbocycles. The van der Waals surface area contributed by atoms with Crippen LogP contribution in [0.15, 0.2) is 0 Å². The van der Waals surface area contributed by atoms with Gasteiger partial charge in [0.2, 0.25) is 5.91 Å². The number of piperazine rings is 1. The summed E-state index contributed by atoms with van der Waals surface area (Å²) in [6, 6.07) is -1.54. The summed E-state index contributed by atoms with van der Waals surface area (Å²) in [6.07, 6.45) is 0. The molecule has 0 aromatic rings. The second kappa shape index (κ2) is 5.68. The minimum absolute atomic E-state index is 0.0579. The van der Waals surface area contributed by atoms with Crippen LogP contribution in [0, 0.1) is 5.41 Å². The number of urea groups is 1. The van der Waals surface area contributed by atoms with Crippen molar-refractivity contribution in [2.45, 2.75) is 39.8 Å². The Morgan fingerprint density at radius 3 is 2.45 bits per heavy atom. The Balaban J connectivity index is 2.92. The molecule has 7 nitrogen and oxygen atoms in total. The van der Waals surface area contributed by atoms with Crippen LogP contribution in [0.1, 0.15) is 27.7 Å². The van der Waals surface area contributed by atoms with Gasteiger partial charge >= 0.3 is 12.0 Å². The van der Waals surface area contributed by atoms with E-state index in [-0.39, 0.29) is 30.5 Å². The number of hydrogen-bond acceptors (Lipinski definition) is 3. The van der Waals surface area contributed by atoms with E-state index in [0.29, 0.717) is 0 Å². The van der Waals surface area contributed by atoms with E-state index in [1.807, 2.05) is 27.7 Å². The van der Waals surface area contributed by atoms with Crippen molar-refractivity contribution in [3.8, 4) is 0 Å². The summed E-state index contributed by atoms with van der Waals surface area (Å²) >= 11 is 0. The molecule has 0 spiro atoms. The van der Waals surface area contributed by atoms with Crippen LogP contribution >= 0.6 is 0 Å². The highest BCUT2D eigenvalue weighted by Gasteiger charge is 2.38. The van der Waals surface area contributed by atoms with E-state index in [1.165, 1.54) is 4.90 Å².